The van der Waals surface area contributed by atoms with E-state index in [0.717, 1.165) is 11.1 Å². The van der Waals surface area contributed by atoms with Crippen LogP contribution in [0.25, 0.3) is 0 Å². The van der Waals surface area contributed by atoms with Gasteiger partial charge < -0.3 is 4.90 Å². The van der Waals surface area contributed by atoms with Crippen molar-refractivity contribution in [1.82, 2.24) is 4.90 Å². The second kappa shape index (κ2) is 3.61. The number of fused-ring (bicyclic) bond motifs is 1. The van der Waals surface area contributed by atoms with E-state index in [4.69, 9.17) is 0 Å². The predicted octanol–water partition coefficient (Wildman–Crippen LogP) is 2.22. The van der Waals surface area contributed by atoms with Crippen LogP contribution in [-0.4, -0.2) is 23.8 Å². The van der Waals surface area contributed by atoms with E-state index < -0.39 is 13.0 Å². The largest absolute Gasteiger partial charge is 0.329 e. The minimum absolute atomic E-state index is 0.287. The summed E-state index contributed by atoms with van der Waals surface area (Å²) in [6.07, 6.45) is -2.47. The van der Waals surface area contributed by atoms with E-state index in [1.165, 1.54) is 4.90 Å². The summed E-state index contributed by atoms with van der Waals surface area (Å²) in [5.74, 6) is -0.287. The van der Waals surface area contributed by atoms with Crippen molar-refractivity contribution >= 4 is 5.91 Å². The second-order valence-corrected chi connectivity index (χ2v) is 3.74. The average Bonchev–Trinajstić information content (AvgIpc) is 2.42. The van der Waals surface area contributed by atoms with Crippen LogP contribution in [0.4, 0.5) is 8.78 Å². The normalized spacial score (nSPS) is 14.9. The summed E-state index contributed by atoms with van der Waals surface area (Å²) in [5, 5.41) is 0. The third kappa shape index (κ3) is 1.84. The number of halogens is 2. The molecule has 0 saturated carbocycles. The molecular formula is C11H11F2NO. The maximum absolute atomic E-state index is 12.2. The highest BCUT2D eigenvalue weighted by atomic mass is 19.3. The molecule has 1 aliphatic rings. The maximum Gasteiger partial charge on any atom is 0.255 e. The molecule has 1 heterocycles. The SMILES string of the molecule is Cc1ccc2c(c1)CN(CC(F)F)C2=O. The summed E-state index contributed by atoms with van der Waals surface area (Å²) in [6.45, 7) is 1.74. The van der Waals surface area contributed by atoms with Gasteiger partial charge in [0, 0.05) is 12.1 Å². The van der Waals surface area contributed by atoms with Crippen molar-refractivity contribution in [2.24, 2.45) is 0 Å². The van der Waals surface area contributed by atoms with E-state index in [1.807, 2.05) is 19.1 Å². The number of alkyl halides is 2. The highest BCUT2D eigenvalue weighted by molar-refractivity contribution is 5.98. The van der Waals surface area contributed by atoms with Crippen LogP contribution >= 0.6 is 0 Å². The van der Waals surface area contributed by atoms with Gasteiger partial charge in [0.15, 0.2) is 0 Å². The van der Waals surface area contributed by atoms with E-state index in [-0.39, 0.29) is 5.91 Å². The van der Waals surface area contributed by atoms with Gasteiger partial charge in [-0.15, -0.1) is 0 Å². The second-order valence-electron chi connectivity index (χ2n) is 3.74. The van der Waals surface area contributed by atoms with Crippen molar-refractivity contribution in [2.45, 2.75) is 19.9 Å². The van der Waals surface area contributed by atoms with Crippen molar-refractivity contribution < 1.29 is 13.6 Å². The first-order valence-corrected chi connectivity index (χ1v) is 4.75. The van der Waals surface area contributed by atoms with Gasteiger partial charge in [-0.05, 0) is 18.6 Å². The Kier molecular flexibility index (Phi) is 2.42. The summed E-state index contributed by atoms with van der Waals surface area (Å²) in [4.78, 5) is 12.8. The van der Waals surface area contributed by atoms with Crippen LogP contribution in [0, 0.1) is 6.92 Å². The summed E-state index contributed by atoms with van der Waals surface area (Å²) < 4.78 is 24.3. The Morgan fingerprint density at radius 1 is 1.47 bits per heavy atom. The first-order valence-electron chi connectivity index (χ1n) is 4.75. The number of rotatable bonds is 2. The molecule has 0 unspecified atom stereocenters. The number of aryl methyl sites for hydroxylation is 1. The topological polar surface area (TPSA) is 20.3 Å². The zero-order valence-corrected chi connectivity index (χ0v) is 8.34. The molecule has 1 aliphatic heterocycles. The van der Waals surface area contributed by atoms with Gasteiger partial charge in [0.2, 0.25) is 0 Å². The van der Waals surface area contributed by atoms with Crippen molar-refractivity contribution in [3.8, 4) is 0 Å². The van der Waals surface area contributed by atoms with Crippen molar-refractivity contribution in [3.05, 3.63) is 34.9 Å². The molecule has 1 amide bonds. The van der Waals surface area contributed by atoms with Gasteiger partial charge in [0.1, 0.15) is 0 Å². The summed E-state index contributed by atoms with van der Waals surface area (Å²) in [5.41, 5.74) is 2.45. The number of hydrogen-bond donors (Lipinski definition) is 0. The highest BCUT2D eigenvalue weighted by Crippen LogP contribution is 2.24. The number of carbonyl (C=O) groups is 1. The summed E-state index contributed by atoms with van der Waals surface area (Å²) in [6, 6.07) is 5.40. The molecule has 15 heavy (non-hydrogen) atoms. The summed E-state index contributed by atoms with van der Waals surface area (Å²) in [7, 11) is 0. The predicted molar refractivity (Wildman–Crippen MR) is 51.9 cm³/mol. The lowest BCUT2D eigenvalue weighted by atomic mass is 10.1. The van der Waals surface area contributed by atoms with Gasteiger partial charge >= 0.3 is 0 Å². The molecule has 0 saturated heterocycles. The van der Waals surface area contributed by atoms with Gasteiger partial charge in [0.05, 0.1) is 6.54 Å². The third-order valence-electron chi connectivity index (χ3n) is 2.50. The quantitative estimate of drug-likeness (QED) is 0.734. The lowest BCUT2D eigenvalue weighted by molar-refractivity contribution is 0.0577. The smallest absolute Gasteiger partial charge is 0.255 e. The number of benzene rings is 1. The molecule has 0 aliphatic carbocycles. The molecule has 1 aromatic carbocycles. The van der Waals surface area contributed by atoms with Crippen LogP contribution in [0.5, 0.6) is 0 Å². The molecule has 2 nitrogen and oxygen atoms in total. The Balaban J connectivity index is 2.25. The van der Waals surface area contributed by atoms with Crippen LogP contribution in [0.15, 0.2) is 18.2 Å². The fourth-order valence-electron chi connectivity index (χ4n) is 1.82. The molecule has 0 radical (unpaired) electrons. The van der Waals surface area contributed by atoms with Gasteiger partial charge in [0.25, 0.3) is 12.3 Å². The van der Waals surface area contributed by atoms with E-state index in [9.17, 15) is 13.6 Å². The number of amides is 1. The monoisotopic (exact) mass is 211 g/mol. The van der Waals surface area contributed by atoms with E-state index in [0.29, 0.717) is 12.1 Å². The highest BCUT2D eigenvalue weighted by Gasteiger charge is 2.28. The molecule has 0 fully saturated rings. The van der Waals surface area contributed by atoms with Crippen molar-refractivity contribution in [1.29, 1.82) is 0 Å². The van der Waals surface area contributed by atoms with Crippen LogP contribution in [0.3, 0.4) is 0 Å². The van der Waals surface area contributed by atoms with E-state index in [2.05, 4.69) is 0 Å². The van der Waals surface area contributed by atoms with Crippen molar-refractivity contribution in [3.63, 3.8) is 0 Å². The first-order chi connectivity index (χ1) is 7.08. The molecule has 4 heteroatoms. The third-order valence-corrected chi connectivity index (χ3v) is 2.50. The van der Waals surface area contributed by atoms with Crippen LogP contribution in [-0.2, 0) is 6.54 Å². The summed E-state index contributed by atoms with van der Waals surface area (Å²) >= 11 is 0. The van der Waals surface area contributed by atoms with Gasteiger partial charge in [-0.3, -0.25) is 4.79 Å². The average molecular weight is 211 g/mol. The molecular weight excluding hydrogens is 200 g/mol. The molecule has 0 aromatic heterocycles. The van der Waals surface area contributed by atoms with Gasteiger partial charge in [-0.1, -0.05) is 17.7 Å². The molecule has 0 atom stereocenters. The molecule has 2 rings (SSSR count). The molecule has 1 aromatic rings. The first kappa shape index (κ1) is 10.1. The molecule has 0 spiro atoms. The Morgan fingerprint density at radius 3 is 2.87 bits per heavy atom. The van der Waals surface area contributed by atoms with E-state index >= 15 is 0 Å². The van der Waals surface area contributed by atoms with Crippen LogP contribution < -0.4 is 0 Å². The zero-order valence-electron chi connectivity index (χ0n) is 8.34. The fourth-order valence-corrected chi connectivity index (χ4v) is 1.82. The van der Waals surface area contributed by atoms with Crippen LogP contribution in [0.1, 0.15) is 21.5 Å². The Morgan fingerprint density at radius 2 is 2.20 bits per heavy atom. The Hall–Kier alpha value is -1.45. The molecule has 80 valence electrons. The molecule has 0 N–H and O–H groups in total. The maximum atomic E-state index is 12.2. The fraction of sp³-hybridized carbons (Fsp3) is 0.364. The standard InChI is InChI=1S/C11H11F2NO/c1-7-2-3-9-8(4-7)5-14(11(9)15)6-10(12)13/h2-4,10H,5-6H2,1H3. The Bertz CT molecular complexity index is 404. The zero-order chi connectivity index (χ0) is 11.0. The molecule has 0 bridgehead atoms. The number of hydrogen-bond acceptors (Lipinski definition) is 1. The van der Waals surface area contributed by atoms with Gasteiger partial charge in [-0.25, -0.2) is 8.78 Å². The van der Waals surface area contributed by atoms with E-state index in [1.54, 1.807) is 6.07 Å². The number of nitrogens with zero attached hydrogens (tertiary/aromatic N) is 1. The minimum atomic E-state index is -2.47. The number of carbonyl (C=O) groups excluding carboxylic acids is 1. The minimum Gasteiger partial charge on any atom is -0.329 e. The lowest BCUT2D eigenvalue weighted by Crippen LogP contribution is -2.29. The van der Waals surface area contributed by atoms with Crippen molar-refractivity contribution in [2.75, 3.05) is 6.54 Å². The van der Waals surface area contributed by atoms with Gasteiger partial charge in [-0.2, -0.15) is 0 Å². The lowest BCUT2D eigenvalue weighted by Gasteiger charge is -2.13. The Labute approximate surface area is 86.5 Å². The van der Waals surface area contributed by atoms with Crippen LogP contribution in [0.2, 0.25) is 0 Å².